The number of amides is 2. The molecule has 2 aromatic rings. The molecule has 0 unspecified atom stereocenters. The summed E-state index contributed by atoms with van der Waals surface area (Å²) >= 11 is 0. The zero-order chi connectivity index (χ0) is 18.9. The number of esters is 1. The second-order valence-corrected chi connectivity index (χ2v) is 5.68. The van der Waals surface area contributed by atoms with Gasteiger partial charge in [0.15, 0.2) is 6.61 Å². The molecule has 0 spiro atoms. The molecule has 6 heteroatoms. The van der Waals surface area contributed by atoms with Gasteiger partial charge in [-0.2, -0.15) is 0 Å². The SMILES string of the molecule is CC[C@@H](C(=O)OCC(=O)Nc1ccc(C(=O)NC)cc1)c1ccccc1. The van der Waals surface area contributed by atoms with E-state index in [0.717, 1.165) is 5.56 Å². The van der Waals surface area contributed by atoms with Crippen LogP contribution in [0.15, 0.2) is 54.6 Å². The molecule has 0 saturated carbocycles. The van der Waals surface area contributed by atoms with Crippen molar-refractivity contribution in [3.63, 3.8) is 0 Å². The summed E-state index contributed by atoms with van der Waals surface area (Å²) in [5.74, 6) is -1.46. The van der Waals surface area contributed by atoms with Crippen LogP contribution in [0.5, 0.6) is 0 Å². The van der Waals surface area contributed by atoms with Gasteiger partial charge in [0.05, 0.1) is 5.92 Å². The van der Waals surface area contributed by atoms with E-state index < -0.39 is 17.8 Å². The van der Waals surface area contributed by atoms with Gasteiger partial charge in [-0.3, -0.25) is 14.4 Å². The topological polar surface area (TPSA) is 84.5 Å². The number of anilines is 1. The van der Waals surface area contributed by atoms with E-state index in [9.17, 15) is 14.4 Å². The van der Waals surface area contributed by atoms with E-state index in [-0.39, 0.29) is 12.5 Å². The molecule has 0 aliphatic rings. The van der Waals surface area contributed by atoms with Crippen molar-refractivity contribution < 1.29 is 19.1 Å². The van der Waals surface area contributed by atoms with E-state index in [0.29, 0.717) is 17.7 Å². The molecule has 0 aromatic heterocycles. The van der Waals surface area contributed by atoms with Gasteiger partial charge in [0.25, 0.3) is 11.8 Å². The highest BCUT2D eigenvalue weighted by molar-refractivity contribution is 5.96. The molecule has 2 aromatic carbocycles. The van der Waals surface area contributed by atoms with Crippen molar-refractivity contribution in [2.24, 2.45) is 0 Å². The van der Waals surface area contributed by atoms with Gasteiger partial charge in [0.1, 0.15) is 0 Å². The van der Waals surface area contributed by atoms with Gasteiger partial charge in [0, 0.05) is 18.3 Å². The molecular weight excluding hydrogens is 332 g/mol. The van der Waals surface area contributed by atoms with Crippen molar-refractivity contribution in [1.29, 1.82) is 0 Å². The molecule has 0 radical (unpaired) electrons. The van der Waals surface area contributed by atoms with Crippen LogP contribution in [-0.4, -0.2) is 31.4 Å². The third kappa shape index (κ3) is 5.17. The lowest BCUT2D eigenvalue weighted by Crippen LogP contribution is -2.24. The number of hydrogen-bond donors (Lipinski definition) is 2. The summed E-state index contributed by atoms with van der Waals surface area (Å²) in [6.07, 6.45) is 0.589. The summed E-state index contributed by atoms with van der Waals surface area (Å²) in [5.41, 5.74) is 1.88. The molecule has 2 amide bonds. The quantitative estimate of drug-likeness (QED) is 0.749. The molecule has 26 heavy (non-hydrogen) atoms. The highest BCUT2D eigenvalue weighted by Crippen LogP contribution is 2.20. The van der Waals surface area contributed by atoms with Gasteiger partial charge in [-0.1, -0.05) is 37.3 Å². The third-order valence-electron chi connectivity index (χ3n) is 3.90. The lowest BCUT2D eigenvalue weighted by molar-refractivity contribution is -0.149. The van der Waals surface area contributed by atoms with Crippen molar-refractivity contribution in [2.75, 3.05) is 19.0 Å². The molecule has 6 nitrogen and oxygen atoms in total. The number of ether oxygens (including phenoxy) is 1. The van der Waals surface area contributed by atoms with Crippen molar-refractivity contribution in [3.05, 3.63) is 65.7 Å². The van der Waals surface area contributed by atoms with E-state index in [4.69, 9.17) is 4.74 Å². The first-order valence-corrected chi connectivity index (χ1v) is 8.38. The number of nitrogens with one attached hydrogen (secondary N) is 2. The second-order valence-electron chi connectivity index (χ2n) is 5.68. The zero-order valence-electron chi connectivity index (χ0n) is 14.8. The largest absolute Gasteiger partial charge is 0.455 e. The van der Waals surface area contributed by atoms with Gasteiger partial charge < -0.3 is 15.4 Å². The Morgan fingerprint density at radius 2 is 1.65 bits per heavy atom. The lowest BCUT2D eigenvalue weighted by atomic mass is 9.97. The predicted octanol–water partition coefficient (Wildman–Crippen LogP) is 2.72. The maximum Gasteiger partial charge on any atom is 0.313 e. The van der Waals surface area contributed by atoms with Crippen LogP contribution in [-0.2, 0) is 14.3 Å². The molecular formula is C20H22N2O4. The Labute approximate surface area is 152 Å². The molecule has 0 saturated heterocycles. The summed E-state index contributed by atoms with van der Waals surface area (Å²) in [6, 6.07) is 15.8. The second kappa shape index (κ2) is 9.36. The smallest absolute Gasteiger partial charge is 0.313 e. The molecule has 0 fully saturated rings. The Hall–Kier alpha value is -3.15. The van der Waals surface area contributed by atoms with Crippen molar-refractivity contribution in [2.45, 2.75) is 19.3 Å². The molecule has 0 aliphatic heterocycles. The Morgan fingerprint density at radius 3 is 2.23 bits per heavy atom. The fraction of sp³-hybridized carbons (Fsp3) is 0.250. The average Bonchev–Trinajstić information content (AvgIpc) is 2.68. The maximum absolute atomic E-state index is 12.2. The van der Waals surface area contributed by atoms with Crippen LogP contribution in [0.3, 0.4) is 0 Å². The Balaban J connectivity index is 1.87. The number of rotatable bonds is 7. The highest BCUT2D eigenvalue weighted by Gasteiger charge is 2.20. The number of benzene rings is 2. The fourth-order valence-corrected chi connectivity index (χ4v) is 2.51. The van der Waals surface area contributed by atoms with E-state index in [2.05, 4.69) is 10.6 Å². The summed E-state index contributed by atoms with van der Waals surface area (Å²) in [6.45, 7) is 1.53. The average molecular weight is 354 g/mol. The minimum absolute atomic E-state index is 0.205. The number of hydrogen-bond acceptors (Lipinski definition) is 4. The molecule has 0 heterocycles. The number of carbonyl (C=O) groups excluding carboxylic acids is 3. The molecule has 2 N–H and O–H groups in total. The van der Waals surface area contributed by atoms with Crippen molar-refractivity contribution in [3.8, 4) is 0 Å². The number of carbonyl (C=O) groups is 3. The minimum Gasteiger partial charge on any atom is -0.455 e. The van der Waals surface area contributed by atoms with E-state index in [1.807, 2.05) is 37.3 Å². The Bertz CT molecular complexity index is 757. The minimum atomic E-state index is -0.436. The van der Waals surface area contributed by atoms with Crippen molar-refractivity contribution >= 4 is 23.5 Å². The molecule has 0 aliphatic carbocycles. The standard InChI is InChI=1S/C20H22N2O4/c1-3-17(14-7-5-4-6-8-14)20(25)26-13-18(23)22-16-11-9-15(10-12-16)19(24)21-2/h4-12,17H,3,13H2,1-2H3,(H,21,24)(H,22,23)/t17-/m1/s1. The van der Waals surface area contributed by atoms with E-state index >= 15 is 0 Å². The lowest BCUT2D eigenvalue weighted by Gasteiger charge is -2.14. The van der Waals surface area contributed by atoms with Gasteiger partial charge in [-0.15, -0.1) is 0 Å². The molecule has 0 bridgehead atoms. The maximum atomic E-state index is 12.2. The van der Waals surface area contributed by atoms with Crippen molar-refractivity contribution in [1.82, 2.24) is 5.32 Å². The summed E-state index contributed by atoms with van der Waals surface area (Å²) in [4.78, 5) is 35.7. The molecule has 2 rings (SSSR count). The van der Waals surface area contributed by atoms with Crippen LogP contribution in [0.2, 0.25) is 0 Å². The van der Waals surface area contributed by atoms with Gasteiger partial charge in [0.2, 0.25) is 0 Å². The monoisotopic (exact) mass is 354 g/mol. The van der Waals surface area contributed by atoms with E-state index in [1.165, 1.54) is 0 Å². The van der Waals surface area contributed by atoms with Crippen LogP contribution in [0.25, 0.3) is 0 Å². The van der Waals surface area contributed by atoms with Crippen LogP contribution in [0.1, 0.15) is 35.2 Å². The summed E-state index contributed by atoms with van der Waals surface area (Å²) < 4.78 is 5.15. The summed E-state index contributed by atoms with van der Waals surface area (Å²) in [7, 11) is 1.55. The van der Waals surface area contributed by atoms with Crippen LogP contribution in [0.4, 0.5) is 5.69 Å². The molecule has 136 valence electrons. The normalized spacial score (nSPS) is 11.3. The first kappa shape index (κ1) is 19.2. The van der Waals surface area contributed by atoms with Gasteiger partial charge in [-0.05, 0) is 36.2 Å². The van der Waals surface area contributed by atoms with Gasteiger partial charge >= 0.3 is 5.97 Å². The van der Waals surface area contributed by atoms with Crippen LogP contribution < -0.4 is 10.6 Å². The highest BCUT2D eigenvalue weighted by atomic mass is 16.5. The summed E-state index contributed by atoms with van der Waals surface area (Å²) in [5, 5.41) is 5.15. The first-order chi connectivity index (χ1) is 12.5. The van der Waals surface area contributed by atoms with E-state index in [1.54, 1.807) is 31.3 Å². The van der Waals surface area contributed by atoms with Crippen LogP contribution in [0, 0.1) is 0 Å². The van der Waals surface area contributed by atoms with Gasteiger partial charge in [-0.25, -0.2) is 0 Å². The van der Waals surface area contributed by atoms with Crippen LogP contribution >= 0.6 is 0 Å². The zero-order valence-corrected chi connectivity index (χ0v) is 14.8. The first-order valence-electron chi connectivity index (χ1n) is 8.38. The predicted molar refractivity (Wildman–Crippen MR) is 98.9 cm³/mol. The Kier molecular flexibility index (Phi) is 6.91. The Morgan fingerprint density at radius 1 is 1.00 bits per heavy atom. The molecule has 1 atom stereocenters. The fourth-order valence-electron chi connectivity index (χ4n) is 2.51. The third-order valence-corrected chi connectivity index (χ3v) is 3.90.